The number of carbonyl (C=O) groups is 1. The van der Waals surface area contributed by atoms with Crippen molar-refractivity contribution in [3.05, 3.63) is 82.7 Å². The van der Waals surface area contributed by atoms with E-state index < -0.39 is 29.4 Å². The van der Waals surface area contributed by atoms with Crippen LogP contribution in [0.4, 0.5) is 17.6 Å². The van der Waals surface area contributed by atoms with E-state index in [4.69, 9.17) is 16.3 Å². The van der Waals surface area contributed by atoms with Crippen LogP contribution in [0, 0.1) is 12.7 Å². The van der Waals surface area contributed by atoms with Crippen LogP contribution >= 0.6 is 11.6 Å². The van der Waals surface area contributed by atoms with E-state index in [2.05, 4.69) is 14.8 Å². The minimum Gasteiger partial charge on any atom is -0.420 e. The fourth-order valence-electron chi connectivity index (χ4n) is 3.03. The summed E-state index contributed by atoms with van der Waals surface area (Å²) in [6.45, 7) is 1.48. The zero-order valence-electron chi connectivity index (χ0n) is 16.2. The number of benzene rings is 2. The van der Waals surface area contributed by atoms with Crippen molar-refractivity contribution in [2.24, 2.45) is 0 Å². The van der Waals surface area contributed by atoms with Crippen LogP contribution in [-0.2, 0) is 6.18 Å². The molecule has 0 fully saturated rings. The van der Waals surface area contributed by atoms with Crippen molar-refractivity contribution in [3.8, 4) is 22.6 Å². The molecular weight excluding hydrogens is 454 g/mol. The number of esters is 1. The molecule has 0 spiro atoms. The fraction of sp³-hybridized carbons (Fsp3) is 0.0952. The molecule has 0 amide bonds. The third-order valence-corrected chi connectivity index (χ3v) is 4.74. The van der Waals surface area contributed by atoms with E-state index in [0.29, 0.717) is 4.68 Å². The molecule has 0 unspecified atom stereocenters. The number of halogens is 5. The Kier molecular flexibility index (Phi) is 5.47. The number of aromatic nitrogens is 3. The van der Waals surface area contributed by atoms with E-state index in [1.54, 1.807) is 0 Å². The molecule has 2 aromatic carbocycles. The average molecular weight is 466 g/mol. The highest BCUT2D eigenvalue weighted by Gasteiger charge is 2.39. The van der Waals surface area contributed by atoms with Crippen molar-refractivity contribution in [3.63, 3.8) is 0 Å². The topological polar surface area (TPSA) is 70.2 Å². The van der Waals surface area contributed by atoms with Gasteiger partial charge in [-0.25, -0.2) is 13.9 Å². The van der Waals surface area contributed by atoms with Gasteiger partial charge < -0.3 is 9.26 Å². The second-order valence-corrected chi connectivity index (χ2v) is 7.08. The lowest BCUT2D eigenvalue weighted by molar-refractivity contribution is -0.142. The molecule has 0 aliphatic rings. The van der Waals surface area contributed by atoms with Crippen molar-refractivity contribution in [2.75, 3.05) is 0 Å². The van der Waals surface area contributed by atoms with Crippen molar-refractivity contribution in [1.82, 2.24) is 14.9 Å². The Balaban J connectivity index is 1.78. The van der Waals surface area contributed by atoms with E-state index in [9.17, 15) is 22.4 Å². The highest BCUT2D eigenvalue weighted by molar-refractivity contribution is 6.30. The van der Waals surface area contributed by atoms with Gasteiger partial charge in [-0.3, -0.25) is 0 Å². The minimum atomic E-state index is -4.81. The summed E-state index contributed by atoms with van der Waals surface area (Å²) < 4.78 is 66.5. The second kappa shape index (κ2) is 8.12. The molecule has 32 heavy (non-hydrogen) atoms. The van der Waals surface area contributed by atoms with Gasteiger partial charge >= 0.3 is 12.1 Å². The quantitative estimate of drug-likeness (QED) is 0.214. The van der Waals surface area contributed by atoms with E-state index in [-0.39, 0.29) is 33.1 Å². The van der Waals surface area contributed by atoms with Crippen LogP contribution in [0.1, 0.15) is 21.7 Å². The first-order valence-electron chi connectivity index (χ1n) is 8.99. The third kappa shape index (κ3) is 4.09. The molecule has 6 nitrogen and oxygen atoms in total. The maximum Gasteiger partial charge on any atom is 0.434 e. The van der Waals surface area contributed by atoms with E-state index >= 15 is 0 Å². The smallest absolute Gasteiger partial charge is 0.420 e. The molecule has 0 saturated heterocycles. The Morgan fingerprint density at radius 3 is 2.62 bits per heavy atom. The molecule has 2 heterocycles. The summed E-state index contributed by atoms with van der Waals surface area (Å²) in [5.74, 6) is -2.46. The Hall–Kier alpha value is -3.66. The van der Waals surface area contributed by atoms with Gasteiger partial charge in [0.1, 0.15) is 11.8 Å². The molecule has 0 aliphatic heterocycles. The van der Waals surface area contributed by atoms with Crippen molar-refractivity contribution in [2.45, 2.75) is 13.1 Å². The average Bonchev–Trinajstić information content (AvgIpc) is 3.36. The summed E-state index contributed by atoms with van der Waals surface area (Å²) in [5.41, 5.74) is -1.23. The predicted molar refractivity (Wildman–Crippen MR) is 105 cm³/mol. The van der Waals surface area contributed by atoms with E-state index in [0.717, 1.165) is 30.7 Å². The zero-order valence-corrected chi connectivity index (χ0v) is 16.9. The number of ether oxygens (including phenoxy) is 1. The van der Waals surface area contributed by atoms with Crippen molar-refractivity contribution >= 4 is 17.6 Å². The monoisotopic (exact) mass is 465 g/mol. The number of aryl methyl sites for hydroxylation is 1. The van der Waals surface area contributed by atoms with Gasteiger partial charge in [-0.1, -0.05) is 28.9 Å². The van der Waals surface area contributed by atoms with Crippen LogP contribution < -0.4 is 4.74 Å². The molecule has 164 valence electrons. The van der Waals surface area contributed by atoms with Gasteiger partial charge in [-0.2, -0.15) is 18.3 Å². The number of nitrogens with zero attached hydrogens (tertiary/aromatic N) is 3. The molecule has 0 aliphatic carbocycles. The number of hydrogen-bond acceptors (Lipinski definition) is 5. The fourth-order valence-corrected chi connectivity index (χ4v) is 3.21. The normalized spacial score (nSPS) is 11.6. The van der Waals surface area contributed by atoms with Crippen LogP contribution in [0.3, 0.4) is 0 Å². The standard InChI is InChI=1S/C21H12ClF4N3O3/c1-11-16(10-31-28-11)20(30)32-18-7-12(5-6-17(18)23)15-9-27-29(19(15)21(24,25)26)14-4-2-3-13(22)8-14/h2-10H,1H3. The van der Waals surface area contributed by atoms with Crippen LogP contribution in [0.15, 0.2) is 59.4 Å². The van der Waals surface area contributed by atoms with Crippen molar-refractivity contribution in [1.29, 1.82) is 0 Å². The molecule has 0 radical (unpaired) electrons. The third-order valence-electron chi connectivity index (χ3n) is 4.51. The lowest BCUT2D eigenvalue weighted by Gasteiger charge is -2.14. The second-order valence-electron chi connectivity index (χ2n) is 6.64. The molecule has 0 N–H and O–H groups in total. The molecule has 2 aromatic heterocycles. The summed E-state index contributed by atoms with van der Waals surface area (Å²) in [7, 11) is 0. The largest absolute Gasteiger partial charge is 0.434 e. The Morgan fingerprint density at radius 2 is 1.97 bits per heavy atom. The molecule has 11 heteroatoms. The molecule has 4 aromatic rings. The summed E-state index contributed by atoms with van der Waals surface area (Å²) in [6, 6.07) is 8.76. The van der Waals surface area contributed by atoms with Crippen LogP contribution in [0.5, 0.6) is 5.75 Å². The van der Waals surface area contributed by atoms with E-state index in [1.807, 2.05) is 0 Å². The number of alkyl halides is 3. The highest BCUT2D eigenvalue weighted by atomic mass is 35.5. The zero-order chi connectivity index (χ0) is 23.0. The number of carbonyl (C=O) groups excluding carboxylic acids is 1. The van der Waals surface area contributed by atoms with Crippen LogP contribution in [0.25, 0.3) is 16.8 Å². The summed E-state index contributed by atoms with van der Waals surface area (Å²) in [5, 5.41) is 7.61. The molecule has 0 bridgehead atoms. The van der Waals surface area contributed by atoms with Crippen molar-refractivity contribution < 1.29 is 31.6 Å². The maximum atomic E-state index is 14.3. The maximum absolute atomic E-state index is 14.3. The van der Waals surface area contributed by atoms with Gasteiger partial charge in [0.25, 0.3) is 0 Å². The van der Waals surface area contributed by atoms with Gasteiger partial charge in [0, 0.05) is 10.6 Å². The summed E-state index contributed by atoms with van der Waals surface area (Å²) in [4.78, 5) is 12.2. The Morgan fingerprint density at radius 1 is 1.19 bits per heavy atom. The highest BCUT2D eigenvalue weighted by Crippen LogP contribution is 2.39. The SMILES string of the molecule is Cc1nocc1C(=O)Oc1cc(-c2cnn(-c3cccc(Cl)c3)c2C(F)(F)F)ccc1F. The Labute approximate surface area is 183 Å². The molecule has 0 saturated carbocycles. The van der Waals surface area contributed by atoms with Gasteiger partial charge in [0.15, 0.2) is 17.3 Å². The van der Waals surface area contributed by atoms with Gasteiger partial charge in [-0.15, -0.1) is 0 Å². The lowest BCUT2D eigenvalue weighted by Crippen LogP contribution is -2.14. The van der Waals surface area contributed by atoms with Gasteiger partial charge in [0.2, 0.25) is 0 Å². The molecule has 0 atom stereocenters. The summed E-state index contributed by atoms with van der Waals surface area (Å²) in [6.07, 6.45) is -2.79. The summed E-state index contributed by atoms with van der Waals surface area (Å²) >= 11 is 5.90. The van der Waals surface area contributed by atoms with Crippen LogP contribution in [0.2, 0.25) is 5.02 Å². The lowest BCUT2D eigenvalue weighted by atomic mass is 10.1. The van der Waals surface area contributed by atoms with Gasteiger partial charge in [0.05, 0.1) is 17.6 Å². The Bertz CT molecular complexity index is 1310. The number of hydrogen-bond donors (Lipinski definition) is 0. The van der Waals surface area contributed by atoms with Gasteiger partial charge in [-0.05, 0) is 42.8 Å². The van der Waals surface area contributed by atoms with Crippen LogP contribution in [-0.4, -0.2) is 20.9 Å². The number of rotatable bonds is 4. The van der Waals surface area contributed by atoms with E-state index in [1.165, 1.54) is 31.2 Å². The first-order valence-corrected chi connectivity index (χ1v) is 9.37. The minimum absolute atomic E-state index is 0.0421. The first-order chi connectivity index (χ1) is 15.1. The molecular formula is C21H12ClF4N3O3. The molecule has 4 rings (SSSR count). The first kappa shape index (κ1) is 21.6. The predicted octanol–water partition coefficient (Wildman–Crippen LogP) is 5.87.